The molecule has 2 heterocycles. The summed E-state index contributed by atoms with van der Waals surface area (Å²) >= 11 is 1.78. The van der Waals surface area contributed by atoms with Gasteiger partial charge in [0.1, 0.15) is 6.33 Å². The molecule has 4 heteroatoms. The van der Waals surface area contributed by atoms with E-state index in [1.54, 1.807) is 11.3 Å². The second-order valence-electron chi connectivity index (χ2n) is 3.70. The molecular weight excluding hydrogens is 194 g/mol. The van der Waals surface area contributed by atoms with Crippen molar-refractivity contribution in [2.75, 3.05) is 0 Å². The van der Waals surface area contributed by atoms with Crippen LogP contribution in [-0.2, 0) is 0 Å². The number of aromatic nitrogens is 3. The van der Waals surface area contributed by atoms with Crippen molar-refractivity contribution < 1.29 is 0 Å². The summed E-state index contributed by atoms with van der Waals surface area (Å²) < 4.78 is 2.20. The van der Waals surface area contributed by atoms with Gasteiger partial charge in [-0.3, -0.25) is 0 Å². The molecule has 0 N–H and O–H groups in total. The molecule has 0 aliphatic heterocycles. The Morgan fingerprint density at radius 2 is 2.29 bits per heavy atom. The minimum absolute atomic E-state index is 0.655. The summed E-state index contributed by atoms with van der Waals surface area (Å²) in [7, 11) is 0. The molecule has 72 valence electrons. The van der Waals surface area contributed by atoms with E-state index in [4.69, 9.17) is 0 Å². The van der Waals surface area contributed by atoms with E-state index in [2.05, 4.69) is 33.8 Å². The summed E-state index contributed by atoms with van der Waals surface area (Å²) in [4.78, 5) is 2.55. The predicted octanol–water partition coefficient (Wildman–Crippen LogP) is 2.65. The summed E-state index contributed by atoms with van der Waals surface area (Å²) in [5.41, 5.74) is 0. The highest BCUT2D eigenvalue weighted by molar-refractivity contribution is 7.15. The SMILES string of the molecule is Cc1ccc(-c2nncn2C2CC2)s1. The largest absolute Gasteiger partial charge is 0.310 e. The second-order valence-corrected chi connectivity index (χ2v) is 4.99. The van der Waals surface area contributed by atoms with Crippen LogP contribution in [0.3, 0.4) is 0 Å². The Bertz CT molecular complexity index is 453. The van der Waals surface area contributed by atoms with Crippen molar-refractivity contribution in [2.45, 2.75) is 25.8 Å². The number of nitrogens with zero attached hydrogens (tertiary/aromatic N) is 3. The van der Waals surface area contributed by atoms with Gasteiger partial charge >= 0.3 is 0 Å². The van der Waals surface area contributed by atoms with Crippen LogP contribution in [0.2, 0.25) is 0 Å². The zero-order valence-electron chi connectivity index (χ0n) is 7.97. The van der Waals surface area contributed by atoms with Gasteiger partial charge in [0.2, 0.25) is 0 Å². The van der Waals surface area contributed by atoms with Crippen molar-refractivity contribution in [3.63, 3.8) is 0 Å². The summed E-state index contributed by atoms with van der Waals surface area (Å²) in [6.45, 7) is 2.12. The third kappa shape index (κ3) is 1.26. The Morgan fingerprint density at radius 3 is 2.93 bits per heavy atom. The molecule has 3 rings (SSSR count). The number of thiophene rings is 1. The van der Waals surface area contributed by atoms with Gasteiger partial charge in [-0.05, 0) is 31.9 Å². The first-order valence-corrected chi connectivity index (χ1v) is 5.62. The molecule has 3 nitrogen and oxygen atoms in total. The molecule has 0 spiro atoms. The molecule has 14 heavy (non-hydrogen) atoms. The van der Waals surface area contributed by atoms with E-state index in [1.807, 2.05) is 6.33 Å². The number of aryl methyl sites for hydroxylation is 1. The van der Waals surface area contributed by atoms with E-state index < -0.39 is 0 Å². The lowest BCUT2D eigenvalue weighted by Gasteiger charge is -2.00. The van der Waals surface area contributed by atoms with E-state index in [-0.39, 0.29) is 0 Å². The van der Waals surface area contributed by atoms with Crippen molar-refractivity contribution in [3.8, 4) is 10.7 Å². The molecule has 0 saturated heterocycles. The van der Waals surface area contributed by atoms with E-state index >= 15 is 0 Å². The Morgan fingerprint density at radius 1 is 1.43 bits per heavy atom. The van der Waals surface area contributed by atoms with E-state index in [9.17, 15) is 0 Å². The Labute approximate surface area is 86.4 Å². The lowest BCUT2D eigenvalue weighted by molar-refractivity contribution is 0.747. The van der Waals surface area contributed by atoms with Gasteiger partial charge in [-0.15, -0.1) is 21.5 Å². The van der Waals surface area contributed by atoms with Gasteiger partial charge in [-0.2, -0.15) is 0 Å². The van der Waals surface area contributed by atoms with Crippen LogP contribution in [0.25, 0.3) is 10.7 Å². The molecule has 0 atom stereocenters. The molecular formula is C10H11N3S. The van der Waals surface area contributed by atoms with Crippen molar-refractivity contribution in [3.05, 3.63) is 23.3 Å². The first-order valence-electron chi connectivity index (χ1n) is 4.81. The molecule has 2 aromatic rings. The molecule has 1 aliphatic rings. The van der Waals surface area contributed by atoms with Crippen molar-refractivity contribution in [2.24, 2.45) is 0 Å². The predicted molar refractivity (Wildman–Crippen MR) is 56.3 cm³/mol. The number of hydrogen-bond donors (Lipinski definition) is 0. The fraction of sp³-hybridized carbons (Fsp3) is 0.400. The van der Waals surface area contributed by atoms with Crippen LogP contribution in [0.5, 0.6) is 0 Å². The molecule has 0 aromatic carbocycles. The van der Waals surface area contributed by atoms with E-state index in [0.29, 0.717) is 6.04 Å². The van der Waals surface area contributed by atoms with E-state index in [1.165, 1.54) is 22.6 Å². The first-order chi connectivity index (χ1) is 6.84. The third-order valence-corrected chi connectivity index (χ3v) is 3.47. The van der Waals surface area contributed by atoms with Gasteiger partial charge in [-0.25, -0.2) is 0 Å². The minimum Gasteiger partial charge on any atom is -0.310 e. The Kier molecular flexibility index (Phi) is 1.70. The van der Waals surface area contributed by atoms with Crippen molar-refractivity contribution in [1.82, 2.24) is 14.8 Å². The maximum atomic E-state index is 4.18. The lowest BCUT2D eigenvalue weighted by atomic mass is 10.4. The monoisotopic (exact) mass is 205 g/mol. The van der Waals surface area contributed by atoms with Gasteiger partial charge < -0.3 is 4.57 Å². The van der Waals surface area contributed by atoms with Crippen LogP contribution in [0.4, 0.5) is 0 Å². The van der Waals surface area contributed by atoms with Crippen LogP contribution in [0.15, 0.2) is 18.5 Å². The molecule has 0 bridgehead atoms. The van der Waals surface area contributed by atoms with E-state index in [0.717, 1.165) is 5.82 Å². The minimum atomic E-state index is 0.655. The molecule has 0 unspecified atom stereocenters. The Hall–Kier alpha value is -1.16. The highest BCUT2D eigenvalue weighted by atomic mass is 32.1. The first kappa shape index (κ1) is 8.17. The summed E-state index contributed by atoms with van der Waals surface area (Å²) in [6.07, 6.45) is 4.40. The van der Waals surface area contributed by atoms with Gasteiger partial charge in [0.05, 0.1) is 4.88 Å². The van der Waals surface area contributed by atoms with Crippen LogP contribution >= 0.6 is 11.3 Å². The smallest absolute Gasteiger partial charge is 0.174 e. The Balaban J connectivity index is 2.06. The average Bonchev–Trinajstić information content (AvgIpc) is 2.75. The maximum Gasteiger partial charge on any atom is 0.174 e. The zero-order valence-corrected chi connectivity index (χ0v) is 8.79. The highest BCUT2D eigenvalue weighted by Crippen LogP contribution is 2.38. The van der Waals surface area contributed by atoms with Crippen LogP contribution < -0.4 is 0 Å². The van der Waals surface area contributed by atoms with Gasteiger partial charge in [0.15, 0.2) is 5.82 Å². The van der Waals surface area contributed by atoms with Crippen LogP contribution in [0.1, 0.15) is 23.8 Å². The fourth-order valence-electron chi connectivity index (χ4n) is 1.59. The van der Waals surface area contributed by atoms with Crippen LogP contribution in [0, 0.1) is 6.92 Å². The average molecular weight is 205 g/mol. The molecule has 0 amide bonds. The van der Waals surface area contributed by atoms with Crippen molar-refractivity contribution >= 4 is 11.3 Å². The maximum absolute atomic E-state index is 4.18. The van der Waals surface area contributed by atoms with Gasteiger partial charge in [0.25, 0.3) is 0 Å². The summed E-state index contributed by atoms with van der Waals surface area (Å²) in [6, 6.07) is 4.91. The molecule has 2 aromatic heterocycles. The topological polar surface area (TPSA) is 30.7 Å². The number of rotatable bonds is 2. The normalized spacial score (nSPS) is 16.1. The van der Waals surface area contributed by atoms with Crippen LogP contribution in [-0.4, -0.2) is 14.8 Å². The quantitative estimate of drug-likeness (QED) is 0.754. The van der Waals surface area contributed by atoms with Gasteiger partial charge in [0, 0.05) is 10.9 Å². The highest BCUT2D eigenvalue weighted by Gasteiger charge is 2.26. The third-order valence-electron chi connectivity index (χ3n) is 2.47. The summed E-state index contributed by atoms with van der Waals surface area (Å²) in [5, 5.41) is 8.17. The zero-order chi connectivity index (χ0) is 9.54. The fourth-order valence-corrected chi connectivity index (χ4v) is 2.45. The number of hydrogen-bond acceptors (Lipinski definition) is 3. The lowest BCUT2D eigenvalue weighted by Crippen LogP contribution is -1.93. The molecule has 1 fully saturated rings. The second kappa shape index (κ2) is 2.92. The molecule has 1 aliphatic carbocycles. The molecule has 0 radical (unpaired) electrons. The summed E-state index contributed by atoms with van der Waals surface area (Å²) in [5.74, 6) is 1.03. The standard InChI is InChI=1S/C10H11N3S/c1-7-2-5-9(14-7)10-12-11-6-13(10)8-3-4-8/h2,5-6,8H,3-4H2,1H3. The van der Waals surface area contributed by atoms with Crippen molar-refractivity contribution in [1.29, 1.82) is 0 Å². The van der Waals surface area contributed by atoms with Gasteiger partial charge in [-0.1, -0.05) is 0 Å². The molecule has 1 saturated carbocycles.